The van der Waals surface area contributed by atoms with E-state index in [0.717, 1.165) is 52.1 Å². The van der Waals surface area contributed by atoms with Crippen LogP contribution >= 0.6 is 0 Å². The molecule has 0 rings (SSSR count). The van der Waals surface area contributed by atoms with Crippen LogP contribution in [0.5, 0.6) is 0 Å². The number of hydrogen-bond donors (Lipinski definition) is 1. The summed E-state index contributed by atoms with van der Waals surface area (Å²) in [5.41, 5.74) is 6.21. The maximum absolute atomic E-state index is 6.02. The Morgan fingerprint density at radius 2 is 1.71 bits per heavy atom. The highest BCUT2D eigenvalue weighted by Gasteiger charge is 2.30. The molecule has 3 nitrogen and oxygen atoms in total. The molecule has 0 aliphatic rings. The SMILES string of the molecule is CCCN(CCCOCC)C(CC)(CC)CN. The lowest BCUT2D eigenvalue weighted by atomic mass is 9.90. The normalized spacial score (nSPS) is 12.4. The smallest absolute Gasteiger partial charge is 0.0478 e. The average Bonchev–Trinajstić information content (AvgIpc) is 2.37. The molecule has 0 bridgehead atoms. The molecule has 0 radical (unpaired) electrons. The van der Waals surface area contributed by atoms with Crippen molar-refractivity contribution in [3.63, 3.8) is 0 Å². The van der Waals surface area contributed by atoms with Crippen LogP contribution in [0.2, 0.25) is 0 Å². The molecule has 0 spiro atoms. The molecule has 0 heterocycles. The van der Waals surface area contributed by atoms with Crippen molar-refractivity contribution in [3.05, 3.63) is 0 Å². The highest BCUT2D eigenvalue weighted by Crippen LogP contribution is 2.23. The van der Waals surface area contributed by atoms with E-state index in [1.807, 2.05) is 6.92 Å². The maximum atomic E-state index is 6.02. The van der Waals surface area contributed by atoms with E-state index in [2.05, 4.69) is 25.7 Å². The summed E-state index contributed by atoms with van der Waals surface area (Å²) in [7, 11) is 0. The number of nitrogens with two attached hydrogens (primary N) is 1. The van der Waals surface area contributed by atoms with Crippen molar-refractivity contribution < 1.29 is 4.74 Å². The molecule has 2 N–H and O–H groups in total. The van der Waals surface area contributed by atoms with E-state index in [9.17, 15) is 0 Å². The zero-order valence-corrected chi connectivity index (χ0v) is 12.3. The van der Waals surface area contributed by atoms with Crippen molar-refractivity contribution in [2.24, 2.45) is 5.73 Å². The summed E-state index contributed by atoms with van der Waals surface area (Å²) in [6.07, 6.45) is 4.56. The van der Waals surface area contributed by atoms with Gasteiger partial charge in [-0.3, -0.25) is 4.90 Å². The van der Waals surface area contributed by atoms with Crippen molar-refractivity contribution in [1.29, 1.82) is 0 Å². The molecule has 0 aliphatic heterocycles. The van der Waals surface area contributed by atoms with E-state index >= 15 is 0 Å². The van der Waals surface area contributed by atoms with Gasteiger partial charge in [0.15, 0.2) is 0 Å². The van der Waals surface area contributed by atoms with Gasteiger partial charge in [-0.05, 0) is 39.2 Å². The van der Waals surface area contributed by atoms with E-state index in [-0.39, 0.29) is 5.54 Å². The van der Waals surface area contributed by atoms with Crippen LogP contribution in [0.25, 0.3) is 0 Å². The van der Waals surface area contributed by atoms with E-state index in [4.69, 9.17) is 10.5 Å². The van der Waals surface area contributed by atoms with Gasteiger partial charge < -0.3 is 10.5 Å². The fourth-order valence-electron chi connectivity index (χ4n) is 2.47. The average molecular weight is 244 g/mol. The molecule has 0 aromatic heterocycles. The Bertz CT molecular complexity index is 161. The van der Waals surface area contributed by atoms with Gasteiger partial charge in [0.1, 0.15) is 0 Å². The molecule has 0 fully saturated rings. The van der Waals surface area contributed by atoms with Gasteiger partial charge in [0.2, 0.25) is 0 Å². The molecule has 0 saturated heterocycles. The van der Waals surface area contributed by atoms with Gasteiger partial charge in [-0.25, -0.2) is 0 Å². The predicted octanol–water partition coefficient (Wildman–Crippen LogP) is 2.64. The summed E-state index contributed by atoms with van der Waals surface area (Å²) >= 11 is 0. The second-order valence-corrected chi connectivity index (χ2v) is 4.67. The number of ether oxygens (including phenoxy) is 1. The standard InChI is InChI=1S/C14H32N2O/c1-5-10-16(11-9-12-17-8-4)14(6-2,7-3)13-15/h5-13,15H2,1-4H3. The minimum absolute atomic E-state index is 0.197. The van der Waals surface area contributed by atoms with Crippen molar-refractivity contribution in [3.8, 4) is 0 Å². The van der Waals surface area contributed by atoms with Gasteiger partial charge in [0.05, 0.1) is 0 Å². The first-order chi connectivity index (χ1) is 8.20. The van der Waals surface area contributed by atoms with Gasteiger partial charge in [-0.1, -0.05) is 20.8 Å². The third-order valence-corrected chi connectivity index (χ3v) is 3.78. The van der Waals surface area contributed by atoms with Crippen molar-refractivity contribution in [2.75, 3.05) is 32.8 Å². The third kappa shape index (κ3) is 5.36. The largest absolute Gasteiger partial charge is 0.382 e. The van der Waals surface area contributed by atoms with Gasteiger partial charge >= 0.3 is 0 Å². The van der Waals surface area contributed by atoms with Gasteiger partial charge in [-0.2, -0.15) is 0 Å². The Morgan fingerprint density at radius 3 is 2.12 bits per heavy atom. The first kappa shape index (κ1) is 16.9. The molecule has 3 heteroatoms. The Kier molecular flexibility index (Phi) is 9.79. The fraction of sp³-hybridized carbons (Fsp3) is 1.00. The van der Waals surface area contributed by atoms with Gasteiger partial charge in [0, 0.05) is 31.8 Å². The molecule has 0 unspecified atom stereocenters. The molecule has 0 saturated carbocycles. The fourth-order valence-corrected chi connectivity index (χ4v) is 2.47. The summed E-state index contributed by atoms with van der Waals surface area (Å²) in [5.74, 6) is 0. The summed E-state index contributed by atoms with van der Waals surface area (Å²) in [4.78, 5) is 2.58. The van der Waals surface area contributed by atoms with Gasteiger partial charge in [-0.15, -0.1) is 0 Å². The van der Waals surface area contributed by atoms with Crippen LogP contribution in [0.4, 0.5) is 0 Å². The third-order valence-electron chi connectivity index (χ3n) is 3.78. The summed E-state index contributed by atoms with van der Waals surface area (Å²) < 4.78 is 5.42. The topological polar surface area (TPSA) is 38.5 Å². The second-order valence-electron chi connectivity index (χ2n) is 4.67. The minimum Gasteiger partial charge on any atom is -0.382 e. The highest BCUT2D eigenvalue weighted by molar-refractivity contribution is 4.89. The summed E-state index contributed by atoms with van der Waals surface area (Å²) in [5, 5.41) is 0. The Labute approximate surface area is 108 Å². The Morgan fingerprint density at radius 1 is 1.06 bits per heavy atom. The zero-order chi connectivity index (χ0) is 13.1. The van der Waals surface area contributed by atoms with Crippen molar-refractivity contribution >= 4 is 0 Å². The van der Waals surface area contributed by atoms with E-state index in [1.165, 1.54) is 6.42 Å². The van der Waals surface area contributed by atoms with E-state index in [0.29, 0.717) is 0 Å². The summed E-state index contributed by atoms with van der Waals surface area (Å²) in [6, 6.07) is 0. The lowest BCUT2D eigenvalue weighted by molar-refractivity contribution is 0.0664. The number of rotatable bonds is 11. The number of nitrogens with zero attached hydrogens (tertiary/aromatic N) is 1. The molecule has 0 amide bonds. The van der Waals surface area contributed by atoms with Crippen LogP contribution in [0.1, 0.15) is 53.4 Å². The molecule has 17 heavy (non-hydrogen) atoms. The van der Waals surface area contributed by atoms with Crippen LogP contribution in [0.3, 0.4) is 0 Å². The monoisotopic (exact) mass is 244 g/mol. The minimum atomic E-state index is 0.197. The summed E-state index contributed by atoms with van der Waals surface area (Å²) in [6.45, 7) is 13.5. The van der Waals surface area contributed by atoms with Crippen LogP contribution < -0.4 is 5.73 Å². The van der Waals surface area contributed by atoms with Crippen molar-refractivity contribution in [1.82, 2.24) is 4.90 Å². The highest BCUT2D eigenvalue weighted by atomic mass is 16.5. The van der Waals surface area contributed by atoms with Crippen molar-refractivity contribution in [2.45, 2.75) is 58.9 Å². The van der Waals surface area contributed by atoms with Crippen LogP contribution in [0, 0.1) is 0 Å². The molecular formula is C14H32N2O. The second kappa shape index (κ2) is 9.86. The first-order valence-electron chi connectivity index (χ1n) is 7.23. The predicted molar refractivity (Wildman–Crippen MR) is 75.3 cm³/mol. The van der Waals surface area contributed by atoms with Gasteiger partial charge in [0.25, 0.3) is 0 Å². The Hall–Kier alpha value is -0.120. The first-order valence-corrected chi connectivity index (χ1v) is 7.23. The zero-order valence-electron chi connectivity index (χ0n) is 12.3. The lowest BCUT2D eigenvalue weighted by Crippen LogP contribution is -2.53. The quantitative estimate of drug-likeness (QED) is 0.568. The molecule has 0 aliphatic carbocycles. The molecule has 0 aromatic rings. The van der Waals surface area contributed by atoms with E-state index in [1.54, 1.807) is 0 Å². The molecular weight excluding hydrogens is 212 g/mol. The number of hydrogen-bond acceptors (Lipinski definition) is 3. The molecule has 104 valence electrons. The van der Waals surface area contributed by atoms with Crippen LogP contribution in [-0.2, 0) is 4.74 Å². The van der Waals surface area contributed by atoms with E-state index < -0.39 is 0 Å². The van der Waals surface area contributed by atoms with Crippen LogP contribution in [-0.4, -0.2) is 43.3 Å². The maximum Gasteiger partial charge on any atom is 0.0478 e. The lowest BCUT2D eigenvalue weighted by Gasteiger charge is -2.42. The Balaban J connectivity index is 4.35. The van der Waals surface area contributed by atoms with Crippen LogP contribution in [0.15, 0.2) is 0 Å². The molecule has 0 aromatic carbocycles. The molecule has 0 atom stereocenters.